The molecular weight excluding hydrogens is 424 g/mol. The minimum atomic E-state index is -3.68. The average Bonchev–Trinajstić information content (AvgIpc) is 3.36. The van der Waals surface area contributed by atoms with Crippen LogP contribution in [0.5, 0.6) is 0 Å². The zero-order valence-electron chi connectivity index (χ0n) is 17.2. The fraction of sp³-hybridized carbons (Fsp3) is 0.368. The number of rotatable bonds is 5. The summed E-state index contributed by atoms with van der Waals surface area (Å²) in [7, 11) is -1.93. The highest BCUT2D eigenvalue weighted by atomic mass is 32.2. The van der Waals surface area contributed by atoms with Crippen molar-refractivity contribution in [2.24, 2.45) is 7.05 Å². The maximum atomic E-state index is 12.9. The van der Waals surface area contributed by atoms with E-state index in [0.29, 0.717) is 5.69 Å². The van der Waals surface area contributed by atoms with E-state index in [2.05, 4.69) is 20.6 Å². The molecule has 1 amide bonds. The summed E-state index contributed by atoms with van der Waals surface area (Å²) >= 11 is 0. The molecule has 1 aromatic carbocycles. The molecule has 12 heteroatoms. The van der Waals surface area contributed by atoms with Gasteiger partial charge < -0.3 is 9.15 Å². The summed E-state index contributed by atoms with van der Waals surface area (Å²) in [5.74, 6) is -0.333. The number of sulfonamides is 1. The zero-order chi connectivity index (χ0) is 22.2. The van der Waals surface area contributed by atoms with Crippen LogP contribution in [-0.2, 0) is 21.8 Å². The molecule has 164 valence electrons. The highest BCUT2D eigenvalue weighted by Crippen LogP contribution is 2.22. The molecule has 4 rings (SSSR count). The largest absolute Gasteiger partial charge is 0.401 e. The molecule has 3 heterocycles. The van der Waals surface area contributed by atoms with Crippen LogP contribution in [0.4, 0.5) is 6.01 Å². The number of ether oxygens (including phenoxy) is 1. The lowest BCUT2D eigenvalue weighted by molar-refractivity contribution is -0.0440. The van der Waals surface area contributed by atoms with Gasteiger partial charge in [0.15, 0.2) is 0 Å². The third kappa shape index (κ3) is 4.50. The smallest absolute Gasteiger partial charge is 0.322 e. The summed E-state index contributed by atoms with van der Waals surface area (Å²) in [6.45, 7) is 4.24. The predicted molar refractivity (Wildman–Crippen MR) is 110 cm³/mol. The number of benzene rings is 1. The number of carbonyl (C=O) groups is 1. The number of amides is 1. The molecule has 1 N–H and O–H groups in total. The van der Waals surface area contributed by atoms with Gasteiger partial charge >= 0.3 is 6.01 Å². The van der Waals surface area contributed by atoms with E-state index in [9.17, 15) is 13.2 Å². The minimum absolute atomic E-state index is 0.0846. The van der Waals surface area contributed by atoms with Crippen molar-refractivity contribution in [3.63, 3.8) is 0 Å². The lowest BCUT2D eigenvalue weighted by Gasteiger charge is -2.34. The van der Waals surface area contributed by atoms with Crippen LogP contribution < -0.4 is 5.32 Å². The number of morpholine rings is 1. The van der Waals surface area contributed by atoms with Gasteiger partial charge in [-0.3, -0.25) is 14.8 Å². The first-order valence-electron chi connectivity index (χ1n) is 9.63. The second-order valence-corrected chi connectivity index (χ2v) is 9.28. The van der Waals surface area contributed by atoms with Gasteiger partial charge in [0, 0.05) is 31.9 Å². The number of hydrogen-bond donors (Lipinski definition) is 1. The second-order valence-electron chi connectivity index (χ2n) is 7.34. The molecule has 2 unspecified atom stereocenters. The minimum Gasteiger partial charge on any atom is -0.401 e. The topological polar surface area (TPSA) is 132 Å². The van der Waals surface area contributed by atoms with Gasteiger partial charge in [-0.05, 0) is 44.2 Å². The Hall–Kier alpha value is -3.09. The van der Waals surface area contributed by atoms with Crippen LogP contribution in [0, 0.1) is 0 Å². The van der Waals surface area contributed by atoms with E-state index in [-0.39, 0.29) is 47.7 Å². The maximum absolute atomic E-state index is 12.9. The summed E-state index contributed by atoms with van der Waals surface area (Å²) in [6, 6.07) is 7.30. The van der Waals surface area contributed by atoms with E-state index >= 15 is 0 Å². The lowest BCUT2D eigenvalue weighted by atomic mass is 10.2. The quantitative estimate of drug-likeness (QED) is 0.624. The van der Waals surface area contributed by atoms with Crippen LogP contribution in [0.25, 0.3) is 11.6 Å². The standard InChI is InChI=1S/C19H22N6O5S/c1-12-10-25(11-13(2)29-12)31(27,28)15-6-4-14(5-7-15)17(26)20-19-22-21-18(30-19)16-8-9-24(3)23-16/h4-9,12-13H,10-11H2,1-3H3,(H,20,22,26). The molecule has 3 aromatic rings. The molecule has 0 saturated carbocycles. The van der Waals surface area contributed by atoms with Gasteiger partial charge in [-0.2, -0.15) is 9.40 Å². The molecule has 1 aliphatic heterocycles. The molecule has 1 fully saturated rings. The van der Waals surface area contributed by atoms with Gasteiger partial charge in [0.05, 0.1) is 17.1 Å². The molecule has 11 nitrogen and oxygen atoms in total. The van der Waals surface area contributed by atoms with Crippen molar-refractivity contribution in [3.05, 3.63) is 42.1 Å². The number of nitrogens with zero attached hydrogens (tertiary/aromatic N) is 5. The van der Waals surface area contributed by atoms with Gasteiger partial charge in [-0.1, -0.05) is 5.10 Å². The third-order valence-electron chi connectivity index (χ3n) is 4.72. The monoisotopic (exact) mass is 446 g/mol. The summed E-state index contributed by atoms with van der Waals surface area (Å²) in [5, 5.41) is 14.3. The first-order valence-corrected chi connectivity index (χ1v) is 11.1. The molecule has 0 radical (unpaired) electrons. The summed E-state index contributed by atoms with van der Waals surface area (Å²) in [5.41, 5.74) is 0.733. The Morgan fingerprint density at radius 2 is 1.77 bits per heavy atom. The van der Waals surface area contributed by atoms with Crippen LogP contribution in [0.3, 0.4) is 0 Å². The lowest BCUT2D eigenvalue weighted by Crippen LogP contribution is -2.48. The van der Waals surface area contributed by atoms with Crippen molar-refractivity contribution in [2.45, 2.75) is 31.0 Å². The number of aryl methyl sites for hydroxylation is 1. The molecule has 1 aliphatic rings. The van der Waals surface area contributed by atoms with Gasteiger partial charge in [-0.15, -0.1) is 5.10 Å². The SMILES string of the molecule is CC1CN(S(=O)(=O)c2ccc(C(=O)Nc3nnc(-c4ccn(C)n4)o3)cc2)CC(C)O1. The zero-order valence-corrected chi connectivity index (χ0v) is 18.0. The van der Waals surface area contributed by atoms with Gasteiger partial charge in [0.1, 0.15) is 5.69 Å². The molecule has 1 saturated heterocycles. The van der Waals surface area contributed by atoms with Crippen molar-refractivity contribution in [2.75, 3.05) is 18.4 Å². The summed E-state index contributed by atoms with van der Waals surface area (Å²) in [4.78, 5) is 12.6. The summed E-state index contributed by atoms with van der Waals surface area (Å²) in [6.07, 6.45) is 1.36. The van der Waals surface area contributed by atoms with Crippen molar-refractivity contribution in [1.29, 1.82) is 0 Å². The molecule has 0 spiro atoms. The normalized spacial score (nSPS) is 20.0. The number of hydrogen-bond acceptors (Lipinski definition) is 8. The summed E-state index contributed by atoms with van der Waals surface area (Å²) < 4.78 is 39.8. The number of aromatic nitrogens is 4. The Balaban J connectivity index is 1.45. The third-order valence-corrected chi connectivity index (χ3v) is 6.56. The maximum Gasteiger partial charge on any atom is 0.322 e. The van der Waals surface area contributed by atoms with Crippen LogP contribution >= 0.6 is 0 Å². The highest BCUT2D eigenvalue weighted by molar-refractivity contribution is 7.89. The fourth-order valence-electron chi connectivity index (χ4n) is 3.33. The first-order chi connectivity index (χ1) is 14.7. The van der Waals surface area contributed by atoms with Crippen LogP contribution in [0.1, 0.15) is 24.2 Å². The molecule has 0 bridgehead atoms. The molecule has 2 atom stereocenters. The van der Waals surface area contributed by atoms with E-state index < -0.39 is 15.9 Å². The van der Waals surface area contributed by atoms with Crippen molar-refractivity contribution in [3.8, 4) is 11.6 Å². The second kappa shape index (κ2) is 8.21. The fourth-order valence-corrected chi connectivity index (χ4v) is 4.92. The van der Waals surface area contributed by atoms with Crippen LogP contribution in [0.2, 0.25) is 0 Å². The van der Waals surface area contributed by atoms with E-state index in [0.717, 1.165) is 0 Å². The van der Waals surface area contributed by atoms with E-state index in [1.807, 2.05) is 13.8 Å². The Kier molecular flexibility index (Phi) is 5.60. The van der Waals surface area contributed by atoms with Crippen LogP contribution in [0.15, 0.2) is 45.8 Å². The number of nitrogens with one attached hydrogen (secondary N) is 1. The molecule has 0 aliphatic carbocycles. The van der Waals surface area contributed by atoms with Crippen molar-refractivity contribution in [1.82, 2.24) is 24.3 Å². The molecule has 2 aromatic heterocycles. The van der Waals surface area contributed by atoms with Gasteiger partial charge in [-0.25, -0.2) is 8.42 Å². The van der Waals surface area contributed by atoms with Crippen LogP contribution in [-0.4, -0.2) is 63.9 Å². The Bertz CT molecular complexity index is 1180. The predicted octanol–water partition coefficient (Wildman–Crippen LogP) is 1.52. The van der Waals surface area contributed by atoms with E-state index in [1.54, 1.807) is 24.0 Å². The van der Waals surface area contributed by atoms with Gasteiger partial charge in [0.25, 0.3) is 11.8 Å². The number of anilines is 1. The Morgan fingerprint density at radius 1 is 1.10 bits per heavy atom. The molecular formula is C19H22N6O5S. The van der Waals surface area contributed by atoms with Gasteiger partial charge in [0.2, 0.25) is 10.0 Å². The highest BCUT2D eigenvalue weighted by Gasteiger charge is 2.32. The Morgan fingerprint density at radius 3 is 2.39 bits per heavy atom. The first kappa shape index (κ1) is 21.2. The van der Waals surface area contributed by atoms with E-state index in [4.69, 9.17) is 9.15 Å². The Labute approximate surface area is 179 Å². The molecule has 31 heavy (non-hydrogen) atoms. The average molecular weight is 446 g/mol. The number of carbonyl (C=O) groups excluding carboxylic acids is 1. The van der Waals surface area contributed by atoms with Crippen molar-refractivity contribution >= 4 is 21.9 Å². The van der Waals surface area contributed by atoms with Crippen molar-refractivity contribution < 1.29 is 22.4 Å². The van der Waals surface area contributed by atoms with E-state index in [1.165, 1.54) is 28.6 Å².